The van der Waals surface area contributed by atoms with Crippen LogP contribution >= 0.6 is 11.6 Å². The summed E-state index contributed by atoms with van der Waals surface area (Å²) < 4.78 is 7.22. The highest BCUT2D eigenvalue weighted by Crippen LogP contribution is 2.29. The highest BCUT2D eigenvalue weighted by Gasteiger charge is 2.16. The summed E-state index contributed by atoms with van der Waals surface area (Å²) in [6.07, 6.45) is 2.18. The van der Waals surface area contributed by atoms with Gasteiger partial charge in [0, 0.05) is 30.5 Å². The Kier molecular flexibility index (Phi) is 6.29. The third kappa shape index (κ3) is 4.81. The van der Waals surface area contributed by atoms with Crippen molar-refractivity contribution in [1.82, 2.24) is 30.3 Å². The minimum Gasteiger partial charge on any atom is -0.482 e. The van der Waals surface area contributed by atoms with Gasteiger partial charge in [0.1, 0.15) is 17.6 Å². The number of aryl methyl sites for hydroxylation is 1. The van der Waals surface area contributed by atoms with Crippen molar-refractivity contribution in [2.24, 2.45) is 7.05 Å². The van der Waals surface area contributed by atoms with E-state index < -0.39 is 0 Å². The van der Waals surface area contributed by atoms with Gasteiger partial charge in [-0.15, -0.1) is 0 Å². The van der Waals surface area contributed by atoms with E-state index in [1.54, 1.807) is 29.1 Å². The molecule has 2 aromatic carbocycles. The Hall–Kier alpha value is -3.90. The second-order valence-electron chi connectivity index (χ2n) is 7.86. The Bertz CT molecular complexity index is 1370. The summed E-state index contributed by atoms with van der Waals surface area (Å²) in [5.74, 6) is 1.28. The lowest BCUT2D eigenvalue weighted by molar-refractivity contribution is -0.123. The van der Waals surface area contributed by atoms with Crippen LogP contribution in [0.15, 0.2) is 36.5 Å². The predicted octanol–water partition coefficient (Wildman–Crippen LogP) is 3.38. The summed E-state index contributed by atoms with van der Waals surface area (Å²) in [6.45, 7) is 3.57. The van der Waals surface area contributed by atoms with Crippen molar-refractivity contribution in [3.8, 4) is 23.2 Å². The molecule has 0 saturated heterocycles. The van der Waals surface area contributed by atoms with Gasteiger partial charge in [0.05, 0.1) is 22.3 Å². The van der Waals surface area contributed by atoms with Crippen LogP contribution in [0.4, 0.5) is 0 Å². The summed E-state index contributed by atoms with van der Waals surface area (Å²) in [6, 6.07) is 11.1. The molecule has 2 N–H and O–H groups in total. The Balaban J connectivity index is 1.55. The van der Waals surface area contributed by atoms with E-state index in [4.69, 9.17) is 16.3 Å². The molecule has 0 atom stereocenters. The highest BCUT2D eigenvalue weighted by atomic mass is 35.5. The Labute approximate surface area is 195 Å². The van der Waals surface area contributed by atoms with Crippen LogP contribution in [0.25, 0.3) is 22.3 Å². The number of rotatable bonds is 7. The minimum absolute atomic E-state index is 0.0137. The maximum absolute atomic E-state index is 11.8. The number of carbonyl (C=O) groups excluding carboxylic acids is 1. The molecule has 0 aliphatic carbocycles. The fourth-order valence-corrected chi connectivity index (χ4v) is 3.70. The van der Waals surface area contributed by atoms with E-state index in [0.717, 1.165) is 22.3 Å². The molecule has 0 aliphatic heterocycles. The van der Waals surface area contributed by atoms with E-state index in [2.05, 4.69) is 31.7 Å². The number of benzene rings is 2. The first-order valence-corrected chi connectivity index (χ1v) is 10.7. The van der Waals surface area contributed by atoms with Crippen molar-refractivity contribution >= 4 is 28.4 Å². The number of nitriles is 1. The normalized spacial score (nSPS) is 11.0. The maximum atomic E-state index is 11.8. The molecule has 2 aromatic heterocycles. The lowest BCUT2D eigenvalue weighted by Crippen LogP contribution is -2.34. The van der Waals surface area contributed by atoms with Gasteiger partial charge >= 0.3 is 0 Å². The van der Waals surface area contributed by atoms with Crippen LogP contribution in [0.1, 0.15) is 30.8 Å². The van der Waals surface area contributed by atoms with Crippen LogP contribution in [-0.2, 0) is 18.3 Å². The number of aromatic amines is 1. The van der Waals surface area contributed by atoms with Crippen LogP contribution in [0.3, 0.4) is 0 Å². The molecule has 168 valence electrons. The number of fused-ring (bicyclic) bond motifs is 1. The number of hydrogen-bond acceptors (Lipinski definition) is 6. The smallest absolute Gasteiger partial charge is 0.258 e. The first kappa shape index (κ1) is 22.3. The first-order chi connectivity index (χ1) is 15.9. The summed E-state index contributed by atoms with van der Waals surface area (Å²) in [7, 11) is 1.81. The maximum Gasteiger partial charge on any atom is 0.258 e. The number of nitrogens with zero attached hydrogens (tertiary/aromatic N) is 5. The fourth-order valence-electron chi connectivity index (χ4n) is 3.42. The Morgan fingerprint density at radius 1 is 1.33 bits per heavy atom. The molecular formula is C23H22ClN7O2. The number of ether oxygens (including phenoxy) is 1. The van der Waals surface area contributed by atoms with Gasteiger partial charge in [-0.25, -0.2) is 4.98 Å². The van der Waals surface area contributed by atoms with Gasteiger partial charge in [0.2, 0.25) is 0 Å². The Morgan fingerprint density at radius 3 is 2.91 bits per heavy atom. The second-order valence-corrected chi connectivity index (χ2v) is 8.23. The van der Waals surface area contributed by atoms with Crippen molar-refractivity contribution in [2.45, 2.75) is 26.3 Å². The summed E-state index contributed by atoms with van der Waals surface area (Å²) in [5.41, 5.74) is 2.75. The molecule has 0 bridgehead atoms. The highest BCUT2D eigenvalue weighted by molar-refractivity contribution is 6.36. The molecule has 4 rings (SSSR count). The van der Waals surface area contributed by atoms with Gasteiger partial charge in [-0.3, -0.25) is 14.6 Å². The first-order valence-electron chi connectivity index (χ1n) is 10.3. The van der Waals surface area contributed by atoms with Crippen LogP contribution < -0.4 is 10.1 Å². The van der Waals surface area contributed by atoms with Gasteiger partial charge < -0.3 is 10.1 Å². The monoisotopic (exact) mass is 463 g/mol. The van der Waals surface area contributed by atoms with Crippen molar-refractivity contribution in [2.75, 3.05) is 6.61 Å². The number of hydrogen-bond donors (Lipinski definition) is 2. The molecule has 1 amide bonds. The van der Waals surface area contributed by atoms with Crippen LogP contribution in [0.5, 0.6) is 5.75 Å². The van der Waals surface area contributed by atoms with E-state index in [1.165, 1.54) is 0 Å². The van der Waals surface area contributed by atoms with Gasteiger partial charge in [0.15, 0.2) is 12.4 Å². The third-order valence-corrected chi connectivity index (χ3v) is 5.45. The molecular weight excluding hydrogens is 442 g/mol. The standard InChI is InChI=1S/C23H22ClN7O2/c1-13(2)27-21(32)12-33-19-7-5-15(8-16(19)10-25)23-28-20(31(3)30-23)9-14-4-6-18-17(22(14)24)11-26-29-18/h4-8,11,13H,9,12H2,1-3H3,(H,26,29)(H,27,32). The van der Waals surface area contributed by atoms with Crippen LogP contribution in [0.2, 0.25) is 5.02 Å². The van der Waals surface area contributed by atoms with E-state index in [0.29, 0.717) is 34.1 Å². The molecule has 0 saturated carbocycles. The molecule has 2 heterocycles. The number of halogens is 1. The van der Waals surface area contributed by atoms with E-state index >= 15 is 0 Å². The minimum atomic E-state index is -0.249. The second kappa shape index (κ2) is 9.30. The quantitative estimate of drug-likeness (QED) is 0.433. The summed E-state index contributed by atoms with van der Waals surface area (Å²) in [5, 5.41) is 25.2. The predicted molar refractivity (Wildman–Crippen MR) is 124 cm³/mol. The van der Waals surface area contributed by atoms with Gasteiger partial charge in [-0.05, 0) is 43.7 Å². The third-order valence-electron chi connectivity index (χ3n) is 5.01. The number of aromatic nitrogens is 5. The molecule has 0 unspecified atom stereocenters. The van der Waals surface area contributed by atoms with E-state index in [9.17, 15) is 10.1 Å². The Morgan fingerprint density at radius 2 is 2.15 bits per heavy atom. The molecule has 0 spiro atoms. The summed E-state index contributed by atoms with van der Waals surface area (Å²) in [4.78, 5) is 16.5. The number of amides is 1. The molecule has 33 heavy (non-hydrogen) atoms. The van der Waals surface area contributed by atoms with E-state index in [-0.39, 0.29) is 18.6 Å². The van der Waals surface area contributed by atoms with Gasteiger partial charge in [-0.1, -0.05) is 17.7 Å². The molecule has 0 aliphatic rings. The molecule has 10 heteroatoms. The SMILES string of the molecule is CC(C)NC(=O)COc1ccc(-c2nc(Cc3ccc4[nH]ncc4c3Cl)n(C)n2)cc1C#N. The summed E-state index contributed by atoms with van der Waals surface area (Å²) >= 11 is 6.55. The van der Waals surface area contributed by atoms with Crippen LogP contribution in [-0.4, -0.2) is 43.5 Å². The molecule has 0 radical (unpaired) electrons. The van der Waals surface area contributed by atoms with Gasteiger partial charge in [0.25, 0.3) is 5.91 Å². The van der Waals surface area contributed by atoms with Crippen molar-refractivity contribution in [1.29, 1.82) is 5.26 Å². The number of carbonyl (C=O) groups is 1. The van der Waals surface area contributed by atoms with E-state index in [1.807, 2.05) is 33.0 Å². The van der Waals surface area contributed by atoms with Crippen molar-refractivity contribution in [3.05, 3.63) is 58.5 Å². The lowest BCUT2D eigenvalue weighted by Gasteiger charge is -2.11. The molecule has 0 fully saturated rings. The topological polar surface area (TPSA) is 122 Å². The van der Waals surface area contributed by atoms with Crippen molar-refractivity contribution < 1.29 is 9.53 Å². The molecule has 4 aromatic rings. The van der Waals surface area contributed by atoms with Crippen molar-refractivity contribution in [3.63, 3.8) is 0 Å². The zero-order valence-corrected chi connectivity index (χ0v) is 19.1. The average molecular weight is 464 g/mol. The molecule has 9 nitrogen and oxygen atoms in total. The fraction of sp³-hybridized carbons (Fsp3) is 0.261. The zero-order valence-electron chi connectivity index (χ0n) is 18.4. The average Bonchev–Trinajstić information content (AvgIpc) is 3.41. The van der Waals surface area contributed by atoms with Gasteiger partial charge in [-0.2, -0.15) is 15.5 Å². The number of H-pyrrole nitrogens is 1. The van der Waals surface area contributed by atoms with Crippen LogP contribution in [0, 0.1) is 11.3 Å². The lowest BCUT2D eigenvalue weighted by atomic mass is 10.1. The largest absolute Gasteiger partial charge is 0.482 e. The number of nitrogens with one attached hydrogen (secondary N) is 2. The zero-order chi connectivity index (χ0) is 23.5.